The number of halogens is 1. The van der Waals surface area contributed by atoms with Crippen LogP contribution < -0.4 is 10.7 Å². The van der Waals surface area contributed by atoms with Crippen molar-refractivity contribution in [2.45, 2.75) is 6.92 Å². The minimum Gasteiger partial charge on any atom is -0.339 e. The lowest BCUT2D eigenvalue weighted by Crippen LogP contribution is -2.37. The fourth-order valence-electron chi connectivity index (χ4n) is 2.09. The Bertz CT molecular complexity index is 716. The average Bonchev–Trinajstić information content (AvgIpc) is 2.53. The van der Waals surface area contributed by atoms with E-state index < -0.39 is 0 Å². The minimum atomic E-state index is -0.370. The quantitative estimate of drug-likeness (QED) is 0.892. The van der Waals surface area contributed by atoms with E-state index in [-0.39, 0.29) is 29.4 Å². The Morgan fingerprint density at radius 2 is 1.96 bits per heavy atom. The molecule has 0 aliphatic heterocycles. The maximum Gasteiger partial charge on any atom is 0.278 e. The number of aromatic nitrogens is 2. The molecule has 7 heteroatoms. The number of aryl methyl sites for hydroxylation is 1. The summed E-state index contributed by atoms with van der Waals surface area (Å²) in [6.45, 7) is 2.96. The summed E-state index contributed by atoms with van der Waals surface area (Å²) in [7, 11) is 3.47. The Kier molecular flexibility index (Phi) is 6.93. The fourth-order valence-corrected chi connectivity index (χ4v) is 2.09. The Hall–Kier alpha value is -2.18. The van der Waals surface area contributed by atoms with Crippen molar-refractivity contribution in [2.75, 3.05) is 27.2 Å². The monoisotopic (exact) mass is 336 g/mol. The third-order valence-electron chi connectivity index (χ3n) is 3.35. The van der Waals surface area contributed by atoms with Gasteiger partial charge in [-0.05, 0) is 26.1 Å². The topological polar surface area (TPSA) is 67.2 Å². The normalized spacial score (nSPS) is 10.0. The van der Waals surface area contributed by atoms with E-state index in [0.29, 0.717) is 18.8 Å². The van der Waals surface area contributed by atoms with Gasteiger partial charge in [-0.25, -0.2) is 4.68 Å². The number of rotatable bonds is 5. The van der Waals surface area contributed by atoms with Crippen molar-refractivity contribution >= 4 is 18.3 Å². The summed E-state index contributed by atoms with van der Waals surface area (Å²) in [6.07, 6.45) is 0. The van der Waals surface area contributed by atoms with Crippen molar-refractivity contribution in [3.63, 3.8) is 0 Å². The van der Waals surface area contributed by atoms with Crippen molar-refractivity contribution in [2.24, 2.45) is 0 Å². The van der Waals surface area contributed by atoms with Crippen LogP contribution in [0.5, 0.6) is 0 Å². The Balaban J connectivity index is 0.00000264. The summed E-state index contributed by atoms with van der Waals surface area (Å²) in [4.78, 5) is 26.0. The van der Waals surface area contributed by atoms with Gasteiger partial charge in [0.2, 0.25) is 5.43 Å². The first-order chi connectivity index (χ1) is 10.5. The van der Waals surface area contributed by atoms with Crippen molar-refractivity contribution in [1.29, 1.82) is 0 Å². The van der Waals surface area contributed by atoms with Gasteiger partial charge < -0.3 is 10.2 Å². The standard InChI is InChI=1S/C16H20N4O2.ClH/c1-12-11-14(21)15(16(22)19(3)10-9-17-2)18-20(12)13-7-5-4-6-8-13;/h4-8,11,17H,9-10H2,1-3H3;1H. The molecule has 0 radical (unpaired) electrons. The van der Waals surface area contributed by atoms with Gasteiger partial charge in [0.05, 0.1) is 5.69 Å². The molecule has 0 fully saturated rings. The second kappa shape index (κ2) is 8.45. The molecule has 0 saturated carbocycles. The molecule has 0 bridgehead atoms. The van der Waals surface area contributed by atoms with Gasteiger partial charge in [-0.1, -0.05) is 18.2 Å². The van der Waals surface area contributed by atoms with E-state index in [4.69, 9.17) is 0 Å². The summed E-state index contributed by atoms with van der Waals surface area (Å²) in [5, 5.41) is 7.23. The molecule has 1 heterocycles. The zero-order valence-corrected chi connectivity index (χ0v) is 14.3. The van der Waals surface area contributed by atoms with Crippen LogP contribution in [0.3, 0.4) is 0 Å². The summed E-state index contributed by atoms with van der Waals surface area (Å²) < 4.78 is 1.61. The van der Waals surface area contributed by atoms with E-state index >= 15 is 0 Å². The predicted molar refractivity (Wildman–Crippen MR) is 92.7 cm³/mol. The largest absolute Gasteiger partial charge is 0.339 e. The third-order valence-corrected chi connectivity index (χ3v) is 3.35. The fraction of sp³-hybridized carbons (Fsp3) is 0.312. The van der Waals surface area contributed by atoms with Gasteiger partial charge in [-0.15, -0.1) is 12.4 Å². The number of carbonyl (C=O) groups excluding carboxylic acids is 1. The maximum absolute atomic E-state index is 12.4. The average molecular weight is 337 g/mol. The number of likely N-dealkylation sites (N-methyl/N-ethyl adjacent to an activating group) is 2. The molecule has 1 aromatic heterocycles. The van der Waals surface area contributed by atoms with Crippen LogP contribution in [0.15, 0.2) is 41.2 Å². The van der Waals surface area contributed by atoms with Crippen LogP contribution in [-0.4, -0.2) is 47.8 Å². The van der Waals surface area contributed by atoms with Crippen molar-refractivity contribution in [3.05, 3.63) is 58.0 Å². The molecule has 0 aliphatic rings. The van der Waals surface area contributed by atoms with E-state index in [0.717, 1.165) is 5.69 Å². The van der Waals surface area contributed by atoms with Gasteiger partial charge in [0.15, 0.2) is 5.69 Å². The zero-order chi connectivity index (χ0) is 16.1. The highest BCUT2D eigenvalue weighted by Gasteiger charge is 2.18. The first-order valence-electron chi connectivity index (χ1n) is 7.11. The number of benzene rings is 1. The number of amides is 1. The highest BCUT2D eigenvalue weighted by Crippen LogP contribution is 2.08. The molecule has 6 nitrogen and oxygen atoms in total. The molecule has 23 heavy (non-hydrogen) atoms. The molecule has 124 valence electrons. The van der Waals surface area contributed by atoms with E-state index in [9.17, 15) is 9.59 Å². The summed E-state index contributed by atoms with van der Waals surface area (Å²) >= 11 is 0. The van der Waals surface area contributed by atoms with Crippen LogP contribution in [0.25, 0.3) is 5.69 Å². The van der Waals surface area contributed by atoms with Crippen molar-refractivity contribution in [3.8, 4) is 5.69 Å². The summed E-state index contributed by atoms with van der Waals surface area (Å²) in [5.41, 5.74) is 1.08. The van der Waals surface area contributed by atoms with Gasteiger partial charge in [0.25, 0.3) is 5.91 Å². The minimum absolute atomic E-state index is 0. The smallest absolute Gasteiger partial charge is 0.278 e. The molecular formula is C16H21ClN4O2. The Morgan fingerprint density at radius 1 is 1.30 bits per heavy atom. The van der Waals surface area contributed by atoms with Crippen LogP contribution >= 0.6 is 12.4 Å². The molecule has 0 atom stereocenters. The molecule has 1 amide bonds. The third kappa shape index (κ3) is 4.40. The van der Waals surface area contributed by atoms with Crippen LogP contribution in [-0.2, 0) is 0 Å². The first-order valence-corrected chi connectivity index (χ1v) is 7.11. The van der Waals surface area contributed by atoms with Gasteiger partial charge in [-0.2, -0.15) is 5.10 Å². The zero-order valence-electron chi connectivity index (χ0n) is 13.4. The Labute approximate surface area is 141 Å². The molecule has 0 unspecified atom stereocenters. The molecule has 1 aromatic carbocycles. The molecule has 0 saturated heterocycles. The lowest BCUT2D eigenvalue weighted by Gasteiger charge is -2.17. The predicted octanol–water partition coefficient (Wildman–Crippen LogP) is 1.25. The van der Waals surface area contributed by atoms with E-state index in [1.165, 1.54) is 11.0 Å². The van der Waals surface area contributed by atoms with E-state index in [1.54, 1.807) is 18.7 Å². The maximum atomic E-state index is 12.4. The highest BCUT2D eigenvalue weighted by atomic mass is 35.5. The van der Waals surface area contributed by atoms with Gasteiger partial charge >= 0.3 is 0 Å². The summed E-state index contributed by atoms with van der Waals surface area (Å²) in [6, 6.07) is 10.9. The SMILES string of the molecule is CNCCN(C)C(=O)c1nn(-c2ccccc2)c(C)cc1=O.Cl. The van der Waals surface area contributed by atoms with Crippen LogP contribution in [0.4, 0.5) is 0 Å². The van der Waals surface area contributed by atoms with Crippen molar-refractivity contribution in [1.82, 2.24) is 20.0 Å². The number of nitrogens with one attached hydrogen (secondary N) is 1. The summed E-state index contributed by atoms with van der Waals surface area (Å²) in [5.74, 6) is -0.370. The van der Waals surface area contributed by atoms with Gasteiger partial charge in [0.1, 0.15) is 0 Å². The molecule has 0 spiro atoms. The first kappa shape index (κ1) is 18.9. The number of para-hydroxylation sites is 1. The second-order valence-corrected chi connectivity index (χ2v) is 5.08. The van der Waals surface area contributed by atoms with Crippen LogP contribution in [0.2, 0.25) is 0 Å². The number of hydrogen-bond acceptors (Lipinski definition) is 4. The second-order valence-electron chi connectivity index (χ2n) is 5.08. The lowest BCUT2D eigenvalue weighted by molar-refractivity contribution is 0.0787. The number of hydrogen-bond donors (Lipinski definition) is 1. The number of carbonyl (C=O) groups is 1. The van der Waals surface area contributed by atoms with E-state index in [1.807, 2.05) is 37.4 Å². The highest BCUT2D eigenvalue weighted by molar-refractivity contribution is 5.91. The van der Waals surface area contributed by atoms with Crippen LogP contribution in [0.1, 0.15) is 16.2 Å². The lowest BCUT2D eigenvalue weighted by atomic mass is 10.2. The molecule has 2 rings (SSSR count). The Morgan fingerprint density at radius 3 is 2.57 bits per heavy atom. The molecule has 1 N–H and O–H groups in total. The van der Waals surface area contributed by atoms with E-state index in [2.05, 4.69) is 10.4 Å². The molecule has 2 aromatic rings. The van der Waals surface area contributed by atoms with Gasteiger partial charge in [-0.3, -0.25) is 9.59 Å². The molecule has 0 aliphatic carbocycles. The number of nitrogens with zero attached hydrogens (tertiary/aromatic N) is 3. The van der Waals surface area contributed by atoms with Crippen molar-refractivity contribution < 1.29 is 4.79 Å². The van der Waals surface area contributed by atoms with Gasteiger partial charge in [0, 0.05) is 31.9 Å². The van der Waals surface area contributed by atoms with Crippen LogP contribution in [0, 0.1) is 6.92 Å². The molecular weight excluding hydrogens is 316 g/mol.